The van der Waals surface area contributed by atoms with Gasteiger partial charge in [0.05, 0.1) is 18.1 Å². The minimum absolute atomic E-state index is 0. The number of thiazole rings is 1. The number of nitrogens with one attached hydrogen (secondary N) is 2. The summed E-state index contributed by atoms with van der Waals surface area (Å²) in [6, 6.07) is -0.602. The van der Waals surface area contributed by atoms with Crippen LogP contribution in [0.25, 0.3) is 0 Å². The van der Waals surface area contributed by atoms with E-state index in [-0.39, 0.29) is 49.1 Å². The van der Waals surface area contributed by atoms with Crippen LogP contribution in [-0.2, 0) is 15.1 Å². The molecule has 128 valence electrons. The molecule has 0 bridgehead atoms. The van der Waals surface area contributed by atoms with Gasteiger partial charge in [0.15, 0.2) is 0 Å². The van der Waals surface area contributed by atoms with Crippen molar-refractivity contribution >= 4 is 48.0 Å². The third-order valence-corrected chi connectivity index (χ3v) is 3.96. The second kappa shape index (κ2) is 9.99. The Morgan fingerprint density at radius 2 is 1.95 bits per heavy atom. The SMILES string of the molecule is CC(C)[C@H](N)C(=O)NCC(=O)NC(C)(C)c1nccs1.Cl.Cl. The number of nitrogens with two attached hydrogens (primary N) is 1. The summed E-state index contributed by atoms with van der Waals surface area (Å²) >= 11 is 1.47. The van der Waals surface area contributed by atoms with Crippen molar-refractivity contribution in [3.05, 3.63) is 16.6 Å². The lowest BCUT2D eigenvalue weighted by molar-refractivity contribution is -0.128. The smallest absolute Gasteiger partial charge is 0.240 e. The van der Waals surface area contributed by atoms with E-state index in [1.54, 1.807) is 6.20 Å². The Morgan fingerprint density at radius 3 is 2.41 bits per heavy atom. The summed E-state index contributed by atoms with van der Waals surface area (Å²) in [5, 5.41) is 8.04. The van der Waals surface area contributed by atoms with Crippen LogP contribution in [0.2, 0.25) is 0 Å². The van der Waals surface area contributed by atoms with E-state index in [2.05, 4.69) is 15.6 Å². The molecule has 0 saturated heterocycles. The first kappa shape index (κ1) is 23.4. The highest BCUT2D eigenvalue weighted by Crippen LogP contribution is 2.21. The third-order valence-electron chi connectivity index (χ3n) is 2.86. The molecular formula is C13H24Cl2N4O2S. The minimum Gasteiger partial charge on any atom is -0.346 e. The second-order valence-corrected chi connectivity index (χ2v) is 6.39. The predicted molar refractivity (Wildman–Crippen MR) is 93.6 cm³/mol. The van der Waals surface area contributed by atoms with Gasteiger partial charge in [-0.25, -0.2) is 4.98 Å². The van der Waals surface area contributed by atoms with E-state index in [4.69, 9.17) is 5.73 Å². The minimum atomic E-state index is -0.602. The van der Waals surface area contributed by atoms with Crippen LogP contribution in [-0.4, -0.2) is 29.4 Å². The number of amides is 2. The fourth-order valence-corrected chi connectivity index (χ4v) is 2.28. The maximum atomic E-state index is 11.9. The Balaban J connectivity index is 0. The fraction of sp³-hybridized carbons (Fsp3) is 0.615. The summed E-state index contributed by atoms with van der Waals surface area (Å²) in [5.74, 6) is -0.554. The summed E-state index contributed by atoms with van der Waals surface area (Å²) in [5.41, 5.74) is 5.14. The van der Waals surface area contributed by atoms with Crippen molar-refractivity contribution in [2.45, 2.75) is 39.3 Å². The molecule has 9 heteroatoms. The molecule has 6 nitrogen and oxygen atoms in total. The van der Waals surface area contributed by atoms with Crippen molar-refractivity contribution < 1.29 is 9.59 Å². The number of halogens is 2. The van der Waals surface area contributed by atoms with Gasteiger partial charge in [-0.1, -0.05) is 13.8 Å². The number of nitrogens with zero attached hydrogens (tertiary/aromatic N) is 1. The van der Waals surface area contributed by atoms with Gasteiger partial charge in [-0.15, -0.1) is 36.2 Å². The van der Waals surface area contributed by atoms with Gasteiger partial charge < -0.3 is 16.4 Å². The van der Waals surface area contributed by atoms with Crippen molar-refractivity contribution in [3.63, 3.8) is 0 Å². The predicted octanol–water partition coefficient (Wildman–Crippen LogP) is 1.44. The first-order valence-electron chi connectivity index (χ1n) is 6.48. The van der Waals surface area contributed by atoms with Gasteiger partial charge in [0.25, 0.3) is 0 Å². The molecule has 22 heavy (non-hydrogen) atoms. The number of carbonyl (C=O) groups is 2. The van der Waals surface area contributed by atoms with Gasteiger partial charge >= 0.3 is 0 Å². The lowest BCUT2D eigenvalue weighted by atomic mass is 10.1. The van der Waals surface area contributed by atoms with Gasteiger partial charge in [-0.3, -0.25) is 9.59 Å². The Morgan fingerprint density at radius 1 is 1.36 bits per heavy atom. The monoisotopic (exact) mass is 370 g/mol. The molecule has 0 aliphatic rings. The quantitative estimate of drug-likeness (QED) is 0.705. The zero-order valence-corrected chi connectivity index (χ0v) is 15.5. The Bertz CT molecular complexity index is 467. The molecule has 2 amide bonds. The van der Waals surface area contributed by atoms with Crippen LogP contribution in [0.5, 0.6) is 0 Å². The summed E-state index contributed by atoms with van der Waals surface area (Å²) in [7, 11) is 0. The van der Waals surface area contributed by atoms with Crippen LogP contribution in [0.4, 0.5) is 0 Å². The van der Waals surface area contributed by atoms with Crippen molar-refractivity contribution in [1.29, 1.82) is 0 Å². The largest absolute Gasteiger partial charge is 0.346 e. The van der Waals surface area contributed by atoms with E-state index in [0.29, 0.717) is 0 Å². The zero-order valence-electron chi connectivity index (χ0n) is 13.1. The lowest BCUT2D eigenvalue weighted by Crippen LogP contribution is -2.50. The molecule has 0 aliphatic carbocycles. The molecule has 0 aromatic carbocycles. The van der Waals surface area contributed by atoms with Crippen LogP contribution >= 0.6 is 36.2 Å². The van der Waals surface area contributed by atoms with E-state index in [1.165, 1.54) is 11.3 Å². The molecule has 1 atom stereocenters. The van der Waals surface area contributed by atoms with Crippen molar-refractivity contribution in [3.8, 4) is 0 Å². The first-order valence-corrected chi connectivity index (χ1v) is 7.36. The third kappa shape index (κ3) is 6.91. The van der Waals surface area contributed by atoms with Crippen molar-refractivity contribution in [2.75, 3.05) is 6.54 Å². The Kier molecular flexibility index (Phi) is 10.6. The molecule has 0 radical (unpaired) electrons. The Labute approximate surface area is 147 Å². The first-order chi connectivity index (χ1) is 9.24. The standard InChI is InChI=1S/C13H22N4O2S.2ClH/c1-8(2)10(14)11(19)16-7-9(18)17-13(3,4)12-15-5-6-20-12;;/h5-6,8,10H,7,14H2,1-4H3,(H,16,19)(H,17,18);2*1H/t10-;;/m0../s1. The number of hydrogen-bond acceptors (Lipinski definition) is 5. The molecule has 0 fully saturated rings. The van der Waals surface area contributed by atoms with Crippen LogP contribution in [0.1, 0.15) is 32.7 Å². The summed E-state index contributed by atoms with van der Waals surface area (Å²) in [6.07, 6.45) is 1.69. The number of hydrogen-bond donors (Lipinski definition) is 3. The molecule has 1 heterocycles. The summed E-state index contributed by atoms with van der Waals surface area (Å²) in [6.45, 7) is 7.36. The van der Waals surface area contributed by atoms with Crippen LogP contribution < -0.4 is 16.4 Å². The highest BCUT2D eigenvalue weighted by molar-refractivity contribution is 7.09. The highest BCUT2D eigenvalue weighted by atomic mass is 35.5. The molecule has 4 N–H and O–H groups in total. The van der Waals surface area contributed by atoms with E-state index >= 15 is 0 Å². The van der Waals surface area contributed by atoms with Gasteiger partial charge in [0.1, 0.15) is 5.01 Å². The van der Waals surface area contributed by atoms with Crippen LogP contribution in [0.3, 0.4) is 0 Å². The van der Waals surface area contributed by atoms with Crippen molar-refractivity contribution in [2.24, 2.45) is 11.7 Å². The van der Waals surface area contributed by atoms with Gasteiger partial charge in [0.2, 0.25) is 11.8 Å². The van der Waals surface area contributed by atoms with Crippen LogP contribution in [0, 0.1) is 5.92 Å². The normalized spacial score (nSPS) is 11.9. The Hall–Kier alpha value is -0.890. The molecule has 0 spiro atoms. The van der Waals surface area contributed by atoms with E-state index < -0.39 is 11.6 Å². The molecule has 0 saturated carbocycles. The van der Waals surface area contributed by atoms with Gasteiger partial charge in [-0.2, -0.15) is 0 Å². The highest BCUT2D eigenvalue weighted by Gasteiger charge is 2.26. The summed E-state index contributed by atoms with van der Waals surface area (Å²) in [4.78, 5) is 27.7. The molecule has 0 unspecified atom stereocenters. The number of rotatable bonds is 6. The molecule has 0 aliphatic heterocycles. The topological polar surface area (TPSA) is 97.1 Å². The average molecular weight is 371 g/mol. The zero-order chi connectivity index (χ0) is 15.3. The molecule has 1 aromatic heterocycles. The molecule has 1 rings (SSSR count). The molecular weight excluding hydrogens is 347 g/mol. The number of carbonyl (C=O) groups excluding carboxylic acids is 2. The van der Waals surface area contributed by atoms with E-state index in [0.717, 1.165) is 5.01 Å². The van der Waals surface area contributed by atoms with Gasteiger partial charge in [0, 0.05) is 11.6 Å². The van der Waals surface area contributed by atoms with Crippen LogP contribution in [0.15, 0.2) is 11.6 Å². The summed E-state index contributed by atoms with van der Waals surface area (Å²) < 4.78 is 0. The van der Waals surface area contributed by atoms with E-state index in [9.17, 15) is 9.59 Å². The number of aromatic nitrogens is 1. The van der Waals surface area contributed by atoms with E-state index in [1.807, 2.05) is 33.1 Å². The van der Waals surface area contributed by atoms with Crippen molar-refractivity contribution in [1.82, 2.24) is 15.6 Å². The molecule has 1 aromatic rings. The second-order valence-electron chi connectivity index (χ2n) is 5.50. The maximum Gasteiger partial charge on any atom is 0.240 e. The van der Waals surface area contributed by atoms with Gasteiger partial charge in [-0.05, 0) is 19.8 Å². The average Bonchev–Trinajstić information content (AvgIpc) is 2.88. The lowest BCUT2D eigenvalue weighted by Gasteiger charge is -2.24. The maximum absolute atomic E-state index is 11.9. The fourth-order valence-electron chi connectivity index (χ4n) is 1.57.